The van der Waals surface area contributed by atoms with Gasteiger partial charge >= 0.3 is 0 Å². The molecule has 4 rings (SSSR count). The number of hydrogen-bond acceptors (Lipinski definition) is 6. The lowest BCUT2D eigenvalue weighted by Crippen LogP contribution is -2.51. The van der Waals surface area contributed by atoms with Gasteiger partial charge in [-0.2, -0.15) is 5.10 Å². The minimum atomic E-state index is -0.580. The second kappa shape index (κ2) is 7.19. The molecule has 1 amide bonds. The molecule has 3 aromatic heterocycles. The molecule has 0 radical (unpaired) electrons. The molecule has 0 aromatic carbocycles. The third-order valence-corrected chi connectivity index (χ3v) is 6.85. The van der Waals surface area contributed by atoms with E-state index in [1.165, 1.54) is 25.6 Å². The van der Waals surface area contributed by atoms with E-state index in [1.807, 2.05) is 13.0 Å². The first-order valence-electron chi connectivity index (χ1n) is 10.1. The van der Waals surface area contributed by atoms with E-state index >= 15 is 0 Å². The van der Waals surface area contributed by atoms with E-state index in [1.54, 1.807) is 10.7 Å². The van der Waals surface area contributed by atoms with E-state index < -0.39 is 11.7 Å². The standard InChI is InChI=1S/C22H27FN6O2/c1-21(2)17(5-6-22(21,3)25)28-18-14(19(24)30)10-27-29-11-13(8-16(18)29)12-7-15(23)20(31-4)26-9-12/h7-11,17,28H,5-6,25H2,1-4H3,(H2,24,30)/t17-,22+/m1/s1. The quantitative estimate of drug-likeness (QED) is 0.577. The smallest absolute Gasteiger partial charge is 0.252 e. The molecule has 0 unspecified atom stereocenters. The number of fused-ring (bicyclic) bond motifs is 1. The Morgan fingerprint density at radius 3 is 2.61 bits per heavy atom. The summed E-state index contributed by atoms with van der Waals surface area (Å²) >= 11 is 0. The minimum Gasteiger partial charge on any atom is -0.479 e. The van der Waals surface area contributed by atoms with Crippen molar-refractivity contribution in [3.63, 3.8) is 0 Å². The number of pyridine rings is 1. The third-order valence-electron chi connectivity index (χ3n) is 6.85. The van der Waals surface area contributed by atoms with E-state index in [4.69, 9.17) is 16.2 Å². The Kier molecular flexibility index (Phi) is 4.88. The molecule has 1 fully saturated rings. The molecule has 164 valence electrons. The molecule has 3 aromatic rings. The Hall–Kier alpha value is -3.20. The number of halogens is 1. The molecule has 1 aliphatic carbocycles. The average Bonchev–Trinajstić information content (AvgIpc) is 3.22. The highest BCUT2D eigenvalue weighted by atomic mass is 19.1. The predicted octanol–water partition coefficient (Wildman–Crippen LogP) is 2.96. The Morgan fingerprint density at radius 2 is 2.03 bits per heavy atom. The molecule has 0 bridgehead atoms. The molecule has 0 saturated heterocycles. The molecule has 2 atom stereocenters. The summed E-state index contributed by atoms with van der Waals surface area (Å²) in [5.41, 5.74) is 14.4. The van der Waals surface area contributed by atoms with Crippen LogP contribution in [-0.2, 0) is 0 Å². The Balaban J connectivity index is 1.81. The number of carbonyl (C=O) groups excluding carboxylic acids is 1. The predicted molar refractivity (Wildman–Crippen MR) is 116 cm³/mol. The number of rotatable bonds is 5. The zero-order valence-electron chi connectivity index (χ0n) is 18.1. The summed E-state index contributed by atoms with van der Waals surface area (Å²) < 4.78 is 20.7. The van der Waals surface area contributed by atoms with Crippen LogP contribution in [0.15, 0.2) is 30.7 Å². The van der Waals surface area contributed by atoms with Gasteiger partial charge < -0.3 is 21.5 Å². The van der Waals surface area contributed by atoms with Gasteiger partial charge in [-0.3, -0.25) is 4.79 Å². The van der Waals surface area contributed by atoms with E-state index in [2.05, 4.69) is 29.2 Å². The number of nitrogens with zero attached hydrogens (tertiary/aromatic N) is 3. The van der Waals surface area contributed by atoms with Crippen LogP contribution in [0.5, 0.6) is 5.88 Å². The van der Waals surface area contributed by atoms with Crippen LogP contribution in [0.1, 0.15) is 44.0 Å². The van der Waals surface area contributed by atoms with Gasteiger partial charge in [0.15, 0.2) is 5.82 Å². The van der Waals surface area contributed by atoms with Crippen LogP contribution in [0, 0.1) is 11.2 Å². The van der Waals surface area contributed by atoms with Crippen LogP contribution >= 0.6 is 0 Å². The van der Waals surface area contributed by atoms with Crippen molar-refractivity contribution in [2.75, 3.05) is 12.4 Å². The number of aromatic nitrogens is 3. The van der Waals surface area contributed by atoms with Gasteiger partial charge in [-0.25, -0.2) is 13.9 Å². The number of primary amides is 1. The van der Waals surface area contributed by atoms with Crippen LogP contribution in [0.3, 0.4) is 0 Å². The fourth-order valence-corrected chi connectivity index (χ4v) is 4.24. The molecule has 9 heteroatoms. The zero-order chi connectivity index (χ0) is 22.6. The first kappa shape index (κ1) is 21.0. The number of anilines is 1. The molecule has 0 aliphatic heterocycles. The molecule has 3 heterocycles. The number of nitrogens with one attached hydrogen (secondary N) is 1. The summed E-state index contributed by atoms with van der Waals surface area (Å²) in [5.74, 6) is -1.21. The van der Waals surface area contributed by atoms with Gasteiger partial charge in [-0.15, -0.1) is 0 Å². The zero-order valence-corrected chi connectivity index (χ0v) is 18.1. The summed E-state index contributed by atoms with van der Waals surface area (Å²) in [4.78, 5) is 16.2. The lowest BCUT2D eigenvalue weighted by atomic mass is 9.75. The van der Waals surface area contributed by atoms with Crippen molar-refractivity contribution in [2.45, 2.75) is 45.2 Å². The summed E-state index contributed by atoms with van der Waals surface area (Å²) in [6.07, 6.45) is 6.43. The van der Waals surface area contributed by atoms with Gasteiger partial charge in [0, 0.05) is 40.5 Å². The van der Waals surface area contributed by atoms with E-state index in [0.717, 1.165) is 12.8 Å². The third kappa shape index (κ3) is 3.38. The second-order valence-electron chi connectivity index (χ2n) is 8.95. The van der Waals surface area contributed by atoms with Crippen molar-refractivity contribution in [3.8, 4) is 17.0 Å². The topological polar surface area (TPSA) is 121 Å². The first-order chi connectivity index (χ1) is 14.5. The molecule has 31 heavy (non-hydrogen) atoms. The number of methoxy groups -OCH3 is 1. The number of hydrogen-bond donors (Lipinski definition) is 3. The Labute approximate surface area is 179 Å². The van der Waals surface area contributed by atoms with Crippen LogP contribution < -0.4 is 21.5 Å². The van der Waals surface area contributed by atoms with Crippen molar-refractivity contribution < 1.29 is 13.9 Å². The van der Waals surface area contributed by atoms with Crippen LogP contribution in [0.25, 0.3) is 16.6 Å². The summed E-state index contributed by atoms with van der Waals surface area (Å²) in [6.45, 7) is 6.29. The largest absolute Gasteiger partial charge is 0.479 e. The fourth-order valence-electron chi connectivity index (χ4n) is 4.24. The van der Waals surface area contributed by atoms with E-state index in [-0.39, 0.29) is 28.4 Å². The highest BCUT2D eigenvalue weighted by molar-refractivity contribution is 6.02. The minimum absolute atomic E-state index is 0.0326. The molecule has 1 saturated carbocycles. The van der Waals surface area contributed by atoms with Gasteiger partial charge in [0.25, 0.3) is 5.91 Å². The monoisotopic (exact) mass is 426 g/mol. The number of carbonyl (C=O) groups is 1. The van der Waals surface area contributed by atoms with Crippen LogP contribution in [0.4, 0.5) is 10.1 Å². The van der Waals surface area contributed by atoms with Crippen molar-refractivity contribution in [2.24, 2.45) is 16.9 Å². The van der Waals surface area contributed by atoms with E-state index in [9.17, 15) is 9.18 Å². The first-order valence-corrected chi connectivity index (χ1v) is 10.1. The molecule has 0 spiro atoms. The van der Waals surface area contributed by atoms with Crippen molar-refractivity contribution in [3.05, 3.63) is 42.1 Å². The molecular formula is C22H27FN6O2. The summed E-state index contributed by atoms with van der Waals surface area (Å²) in [5, 5.41) is 7.84. The van der Waals surface area contributed by atoms with Gasteiger partial charge in [0.2, 0.25) is 5.88 Å². The summed E-state index contributed by atoms with van der Waals surface area (Å²) in [7, 11) is 1.36. The average molecular weight is 426 g/mol. The lowest BCUT2D eigenvalue weighted by Gasteiger charge is -2.39. The van der Waals surface area contributed by atoms with Gasteiger partial charge in [0.05, 0.1) is 30.1 Å². The maximum atomic E-state index is 14.2. The Bertz CT molecular complexity index is 1170. The number of ether oxygens (including phenoxy) is 1. The molecule has 8 nitrogen and oxygen atoms in total. The molecule has 5 N–H and O–H groups in total. The van der Waals surface area contributed by atoms with Crippen LogP contribution in [-0.4, -0.2) is 39.2 Å². The molecular weight excluding hydrogens is 399 g/mol. The molecule has 1 aliphatic rings. The second-order valence-corrected chi connectivity index (χ2v) is 8.95. The Morgan fingerprint density at radius 1 is 1.29 bits per heavy atom. The van der Waals surface area contributed by atoms with Gasteiger partial charge in [-0.05, 0) is 31.9 Å². The maximum absolute atomic E-state index is 14.2. The highest BCUT2D eigenvalue weighted by Gasteiger charge is 2.49. The van der Waals surface area contributed by atoms with Gasteiger partial charge in [0.1, 0.15) is 0 Å². The van der Waals surface area contributed by atoms with Crippen molar-refractivity contribution in [1.82, 2.24) is 14.6 Å². The van der Waals surface area contributed by atoms with E-state index in [0.29, 0.717) is 22.3 Å². The lowest BCUT2D eigenvalue weighted by molar-refractivity contribution is 0.100. The van der Waals surface area contributed by atoms with Crippen molar-refractivity contribution in [1.29, 1.82) is 0 Å². The number of nitrogens with two attached hydrogens (primary N) is 2. The number of amides is 1. The maximum Gasteiger partial charge on any atom is 0.252 e. The summed E-state index contributed by atoms with van der Waals surface area (Å²) in [6, 6.07) is 3.21. The SMILES string of the molecule is COc1ncc(-c2cc3c(N[C@@H]4CC[C@](C)(N)C4(C)C)c(C(N)=O)cnn3c2)cc1F. The van der Waals surface area contributed by atoms with Crippen LogP contribution in [0.2, 0.25) is 0 Å². The van der Waals surface area contributed by atoms with Crippen molar-refractivity contribution >= 4 is 17.1 Å². The van der Waals surface area contributed by atoms with Gasteiger partial charge in [-0.1, -0.05) is 13.8 Å². The highest BCUT2D eigenvalue weighted by Crippen LogP contribution is 2.46. The fraction of sp³-hybridized carbons (Fsp3) is 0.409. The normalized spacial score (nSPS) is 22.6.